The second kappa shape index (κ2) is 4.89. The van der Waals surface area contributed by atoms with Crippen molar-refractivity contribution in [3.05, 3.63) is 37.1 Å². The molecule has 0 unspecified atom stereocenters. The van der Waals surface area contributed by atoms with Gasteiger partial charge in [0.15, 0.2) is 0 Å². The third-order valence-electron chi connectivity index (χ3n) is 1.58. The summed E-state index contributed by atoms with van der Waals surface area (Å²) >= 11 is 9.01. The molecule has 0 aliphatic carbocycles. The van der Waals surface area contributed by atoms with Crippen LogP contribution in [0.3, 0.4) is 0 Å². The Morgan fingerprint density at radius 1 is 1.00 bits per heavy atom. The van der Waals surface area contributed by atoms with Crippen molar-refractivity contribution in [2.24, 2.45) is 9.98 Å². The van der Waals surface area contributed by atoms with E-state index in [2.05, 4.69) is 58.6 Å². The van der Waals surface area contributed by atoms with Gasteiger partial charge in [-0.1, -0.05) is 0 Å². The fourth-order valence-electron chi connectivity index (χ4n) is 1.05. The lowest BCUT2D eigenvalue weighted by Gasteiger charge is -2.03. The van der Waals surface area contributed by atoms with Crippen LogP contribution in [-0.2, 0) is 0 Å². The summed E-state index contributed by atoms with van der Waals surface area (Å²) in [6, 6.07) is 3.47. The van der Waals surface area contributed by atoms with Gasteiger partial charge in [0, 0.05) is 0 Å². The lowest BCUT2D eigenvalue weighted by Crippen LogP contribution is -1.80. The van der Waals surface area contributed by atoms with E-state index in [1.807, 2.05) is 0 Å². The van der Waals surface area contributed by atoms with Gasteiger partial charge in [-0.2, -0.15) is 9.98 Å². The monoisotopic (exact) mass is 218 g/mol. The number of rotatable bonds is 2. The predicted molar refractivity (Wildman–Crippen MR) is 64.7 cm³/mol. The van der Waals surface area contributed by atoms with E-state index in [-0.39, 0.29) is 0 Å². The molecule has 0 N–H and O–H groups in total. The van der Waals surface area contributed by atoms with Crippen molar-refractivity contribution in [2.45, 2.75) is 0 Å². The van der Waals surface area contributed by atoms with Gasteiger partial charge >= 0.3 is 0 Å². The zero-order valence-corrected chi connectivity index (χ0v) is 8.91. The summed E-state index contributed by atoms with van der Waals surface area (Å²) in [5, 5.41) is 4.55. The van der Waals surface area contributed by atoms with Crippen LogP contribution in [0, 0.1) is 13.8 Å². The van der Waals surface area contributed by atoms with Crippen LogP contribution in [0.25, 0.3) is 0 Å². The average molecular weight is 218 g/mol. The molecular weight excluding hydrogens is 212 g/mol. The van der Waals surface area contributed by atoms with Crippen molar-refractivity contribution >= 4 is 46.1 Å². The van der Waals surface area contributed by atoms with E-state index < -0.39 is 0 Å². The summed E-state index contributed by atoms with van der Waals surface area (Å²) in [7, 11) is 0. The molecule has 0 fully saturated rings. The fraction of sp³-hybridized carbons (Fsp3) is 0. The molecule has 2 radical (unpaired) electrons. The van der Waals surface area contributed by atoms with E-state index in [1.165, 1.54) is 0 Å². The number of nitrogens with zero attached hydrogens (tertiary/aromatic N) is 2. The van der Waals surface area contributed by atoms with Crippen molar-refractivity contribution in [2.75, 3.05) is 0 Å². The fourth-order valence-corrected chi connectivity index (χ4v) is 1.24. The Labute approximate surface area is 93.4 Å². The minimum absolute atomic E-state index is 0.628. The molecule has 68 valence electrons. The van der Waals surface area contributed by atoms with Crippen LogP contribution in [0.5, 0.6) is 0 Å². The highest BCUT2D eigenvalue weighted by Gasteiger charge is 2.02. The van der Waals surface area contributed by atoms with Crippen molar-refractivity contribution in [1.82, 2.24) is 0 Å². The second-order valence-corrected chi connectivity index (χ2v) is 2.88. The molecule has 2 nitrogen and oxygen atoms in total. The molecule has 1 aromatic rings. The molecule has 4 heteroatoms. The van der Waals surface area contributed by atoms with Gasteiger partial charge in [0.25, 0.3) is 0 Å². The molecule has 0 aliphatic heterocycles. The van der Waals surface area contributed by atoms with Crippen LogP contribution in [0.15, 0.2) is 22.1 Å². The summed E-state index contributed by atoms with van der Waals surface area (Å²) in [5.41, 5.74) is 2.68. The van der Waals surface area contributed by atoms with E-state index in [9.17, 15) is 0 Å². The van der Waals surface area contributed by atoms with E-state index in [0.717, 1.165) is 0 Å². The molecule has 0 spiro atoms. The maximum absolute atomic E-state index is 4.51. The molecule has 0 aromatic heterocycles. The zero-order chi connectivity index (χ0) is 10.6. The van der Waals surface area contributed by atoms with E-state index >= 15 is 0 Å². The summed E-state index contributed by atoms with van der Waals surface area (Å²) < 4.78 is 0. The lowest BCUT2D eigenvalue weighted by molar-refractivity contribution is 1.42. The normalized spacial score (nSPS) is 8.71. The number of hydrogen-bond acceptors (Lipinski definition) is 4. The zero-order valence-electron chi connectivity index (χ0n) is 7.28. The highest BCUT2D eigenvalue weighted by molar-refractivity contribution is 7.78. The number of aliphatic imine (C=N–C) groups is 2. The highest BCUT2D eigenvalue weighted by atomic mass is 32.1. The molecule has 0 saturated carbocycles. The van der Waals surface area contributed by atoms with Crippen molar-refractivity contribution in [1.29, 1.82) is 0 Å². The predicted octanol–water partition coefficient (Wildman–Crippen LogP) is 3.52. The summed E-state index contributed by atoms with van der Waals surface area (Å²) in [6.07, 6.45) is 0. The summed E-state index contributed by atoms with van der Waals surface area (Å²) in [4.78, 5) is 7.68. The third-order valence-corrected chi connectivity index (χ3v) is 1.77. The minimum Gasteiger partial charge on any atom is -0.195 e. The first-order valence-electron chi connectivity index (χ1n) is 3.66. The van der Waals surface area contributed by atoms with Crippen LogP contribution in [-0.4, -0.2) is 10.3 Å². The average Bonchev–Trinajstić information content (AvgIpc) is 2.12. The highest BCUT2D eigenvalue weighted by Crippen LogP contribution is 2.28. The number of isothiocyanates is 2. The maximum Gasteiger partial charge on any atom is 0.0805 e. The molecule has 0 amide bonds. The summed E-state index contributed by atoms with van der Waals surface area (Å²) in [6.45, 7) is 7.60. The Morgan fingerprint density at radius 3 is 1.93 bits per heavy atom. The van der Waals surface area contributed by atoms with Gasteiger partial charge in [-0.25, -0.2) is 0 Å². The molecule has 0 aliphatic rings. The molecule has 1 aromatic carbocycles. The van der Waals surface area contributed by atoms with Crippen molar-refractivity contribution in [3.63, 3.8) is 0 Å². The lowest BCUT2D eigenvalue weighted by atomic mass is 10.1. The van der Waals surface area contributed by atoms with Crippen LogP contribution >= 0.6 is 24.4 Å². The van der Waals surface area contributed by atoms with Crippen LogP contribution < -0.4 is 0 Å². The molecule has 0 heterocycles. The van der Waals surface area contributed by atoms with Gasteiger partial charge in [-0.15, -0.1) is 0 Å². The molecule has 14 heavy (non-hydrogen) atoms. The van der Waals surface area contributed by atoms with Crippen LogP contribution in [0.2, 0.25) is 0 Å². The SMILES string of the molecule is [CH2]c1cc(N=C=S)cc([CH2])c1N=C=S. The van der Waals surface area contributed by atoms with Crippen LogP contribution in [0.1, 0.15) is 11.1 Å². The van der Waals surface area contributed by atoms with Gasteiger partial charge in [0.1, 0.15) is 0 Å². The van der Waals surface area contributed by atoms with Gasteiger partial charge in [-0.05, 0) is 61.5 Å². The Bertz CT molecular complexity index is 430. The molecule has 0 atom stereocenters. The van der Waals surface area contributed by atoms with E-state index in [0.29, 0.717) is 22.5 Å². The van der Waals surface area contributed by atoms with Crippen LogP contribution in [0.4, 0.5) is 11.4 Å². The topological polar surface area (TPSA) is 24.7 Å². The Balaban J connectivity index is 3.38. The molecule has 0 saturated heterocycles. The third kappa shape index (κ3) is 2.41. The molecular formula is C10H6N2S2. The first kappa shape index (κ1) is 10.9. The number of thiocarbonyl (C=S) groups is 2. The number of benzene rings is 1. The Morgan fingerprint density at radius 2 is 1.50 bits per heavy atom. The first-order valence-corrected chi connectivity index (χ1v) is 4.48. The second-order valence-electron chi connectivity index (χ2n) is 2.52. The van der Waals surface area contributed by atoms with Gasteiger partial charge < -0.3 is 0 Å². The van der Waals surface area contributed by atoms with Gasteiger partial charge in [0.05, 0.1) is 21.7 Å². The Hall–Kier alpha value is -1.18. The summed E-state index contributed by atoms with van der Waals surface area (Å²) in [5.74, 6) is 0. The van der Waals surface area contributed by atoms with Gasteiger partial charge in [-0.3, -0.25) is 0 Å². The Kier molecular flexibility index (Phi) is 3.81. The van der Waals surface area contributed by atoms with Crippen molar-refractivity contribution < 1.29 is 0 Å². The standard InChI is InChI=1S/C10H6N2S2/c1-7-3-9(11-5-13)4-8(2)10(7)12-6-14/h3-4H,1-2H2. The number of hydrogen-bond donors (Lipinski definition) is 0. The quantitative estimate of drug-likeness (QED) is 0.560. The van der Waals surface area contributed by atoms with E-state index in [1.54, 1.807) is 12.1 Å². The first-order chi connectivity index (χ1) is 6.69. The maximum atomic E-state index is 4.51. The minimum atomic E-state index is 0.628. The molecule has 0 bridgehead atoms. The largest absolute Gasteiger partial charge is 0.195 e. The molecule has 1 rings (SSSR count). The van der Waals surface area contributed by atoms with Gasteiger partial charge in [0.2, 0.25) is 0 Å². The van der Waals surface area contributed by atoms with E-state index in [4.69, 9.17) is 0 Å². The van der Waals surface area contributed by atoms with Crippen molar-refractivity contribution in [3.8, 4) is 0 Å². The smallest absolute Gasteiger partial charge is 0.0805 e.